The zero-order valence-corrected chi connectivity index (χ0v) is 16.3. The number of hydrogen-bond acceptors (Lipinski definition) is 2. The van der Waals surface area contributed by atoms with Gasteiger partial charge in [0.05, 0.1) is 6.04 Å². The van der Waals surface area contributed by atoms with Crippen molar-refractivity contribution in [1.29, 1.82) is 0 Å². The van der Waals surface area contributed by atoms with Crippen molar-refractivity contribution in [1.82, 2.24) is 14.9 Å². The van der Waals surface area contributed by atoms with Gasteiger partial charge in [-0.25, -0.2) is 4.98 Å². The van der Waals surface area contributed by atoms with Crippen LogP contribution in [-0.2, 0) is 13.5 Å². The molecule has 4 nitrogen and oxygen atoms in total. The third-order valence-electron chi connectivity index (χ3n) is 4.83. The first-order valence-electron chi connectivity index (χ1n) is 9.50. The summed E-state index contributed by atoms with van der Waals surface area (Å²) in [6, 6.07) is 16.2. The van der Waals surface area contributed by atoms with E-state index in [1.165, 1.54) is 11.1 Å². The number of nitrogens with zero attached hydrogens (tertiary/aromatic N) is 2. The number of hydrogen-bond donors (Lipinski definition) is 1. The normalized spacial score (nSPS) is 12.0. The van der Waals surface area contributed by atoms with Crippen LogP contribution in [0, 0.1) is 6.92 Å². The van der Waals surface area contributed by atoms with Gasteiger partial charge in [0.25, 0.3) is 5.91 Å². The highest BCUT2D eigenvalue weighted by Gasteiger charge is 2.20. The minimum atomic E-state index is -0.0880. The highest BCUT2D eigenvalue weighted by Crippen LogP contribution is 2.20. The second-order valence-electron chi connectivity index (χ2n) is 7.03. The highest BCUT2D eigenvalue weighted by atomic mass is 16.1. The van der Waals surface area contributed by atoms with Crippen LogP contribution >= 0.6 is 0 Å². The largest absolute Gasteiger partial charge is 0.342 e. The maximum absolute atomic E-state index is 13.1. The predicted octanol–water partition coefficient (Wildman–Crippen LogP) is 4.59. The smallest absolute Gasteiger partial charge is 0.252 e. The molecular weight excluding hydrogens is 334 g/mol. The van der Waals surface area contributed by atoms with Crippen molar-refractivity contribution in [2.45, 2.75) is 39.2 Å². The number of benzene rings is 2. The van der Waals surface area contributed by atoms with Gasteiger partial charge in [-0.05, 0) is 37.0 Å². The lowest BCUT2D eigenvalue weighted by molar-refractivity contribution is 0.0931. The lowest BCUT2D eigenvalue weighted by atomic mass is 9.98. The summed E-state index contributed by atoms with van der Waals surface area (Å²) in [6.45, 7) is 4.20. The van der Waals surface area contributed by atoms with Gasteiger partial charge >= 0.3 is 0 Å². The Morgan fingerprint density at radius 2 is 1.89 bits per heavy atom. The highest BCUT2D eigenvalue weighted by molar-refractivity contribution is 5.96. The zero-order chi connectivity index (χ0) is 19.2. The molecule has 4 heteroatoms. The number of nitrogens with one attached hydrogen (secondary N) is 1. The topological polar surface area (TPSA) is 46.9 Å². The van der Waals surface area contributed by atoms with Crippen LogP contribution in [0.25, 0.3) is 0 Å². The van der Waals surface area contributed by atoms with E-state index < -0.39 is 0 Å². The van der Waals surface area contributed by atoms with Gasteiger partial charge in [0, 0.05) is 25.0 Å². The molecule has 0 bridgehead atoms. The molecule has 1 aromatic heterocycles. The second kappa shape index (κ2) is 8.67. The molecular formula is C23H27N3O. The summed E-state index contributed by atoms with van der Waals surface area (Å²) in [7, 11) is 1.96. The molecule has 0 spiro atoms. The van der Waals surface area contributed by atoms with Gasteiger partial charge in [0.1, 0.15) is 5.82 Å². The van der Waals surface area contributed by atoms with Crippen LogP contribution in [0.5, 0.6) is 0 Å². The average molecular weight is 361 g/mol. The van der Waals surface area contributed by atoms with Crippen LogP contribution in [-0.4, -0.2) is 15.5 Å². The summed E-state index contributed by atoms with van der Waals surface area (Å²) in [6.07, 6.45) is 6.26. The van der Waals surface area contributed by atoms with Crippen LogP contribution in [0.2, 0.25) is 0 Å². The van der Waals surface area contributed by atoms with E-state index in [0.717, 1.165) is 36.2 Å². The molecule has 0 saturated heterocycles. The van der Waals surface area contributed by atoms with Crippen molar-refractivity contribution in [3.05, 3.63) is 89.0 Å². The van der Waals surface area contributed by atoms with Crippen molar-refractivity contribution < 1.29 is 4.79 Å². The molecule has 140 valence electrons. The fourth-order valence-electron chi connectivity index (χ4n) is 3.33. The number of rotatable bonds is 7. The SMILES string of the molecule is CCC[C@H](NC(=O)c1ccccc1Cc1ccc(C)cc1)c1nccn1C. The van der Waals surface area contributed by atoms with Crippen LogP contribution < -0.4 is 5.32 Å². The maximum atomic E-state index is 13.1. The van der Waals surface area contributed by atoms with Gasteiger partial charge in [0.15, 0.2) is 0 Å². The Kier molecular flexibility index (Phi) is 6.07. The van der Waals surface area contributed by atoms with Crippen LogP contribution in [0.15, 0.2) is 60.9 Å². The van der Waals surface area contributed by atoms with Crippen LogP contribution in [0.3, 0.4) is 0 Å². The molecule has 1 heterocycles. The minimum absolute atomic E-state index is 0.0424. The minimum Gasteiger partial charge on any atom is -0.342 e. The van der Waals surface area contributed by atoms with E-state index in [1.807, 2.05) is 42.1 Å². The summed E-state index contributed by atoms with van der Waals surface area (Å²) in [5.74, 6) is 0.848. The number of aromatic nitrogens is 2. The van der Waals surface area contributed by atoms with Crippen molar-refractivity contribution in [3.63, 3.8) is 0 Å². The Bertz CT molecular complexity index is 896. The van der Waals surface area contributed by atoms with Gasteiger partial charge in [-0.15, -0.1) is 0 Å². The summed E-state index contributed by atoms with van der Waals surface area (Å²) < 4.78 is 1.97. The number of carbonyl (C=O) groups is 1. The summed E-state index contributed by atoms with van der Waals surface area (Å²) in [5, 5.41) is 3.19. The first-order chi connectivity index (χ1) is 13.1. The van der Waals surface area contributed by atoms with Gasteiger partial charge in [-0.2, -0.15) is 0 Å². The molecule has 0 unspecified atom stereocenters. The first kappa shape index (κ1) is 18.9. The van der Waals surface area contributed by atoms with Crippen LogP contribution in [0.4, 0.5) is 0 Å². The lowest BCUT2D eigenvalue weighted by Gasteiger charge is -2.19. The molecule has 2 aromatic carbocycles. The summed E-state index contributed by atoms with van der Waals surface area (Å²) in [4.78, 5) is 17.5. The Balaban J connectivity index is 1.81. The standard InChI is InChI=1S/C23H27N3O/c1-4-7-21(22-24-14-15-26(22)3)25-23(27)20-9-6-5-8-19(20)16-18-12-10-17(2)11-13-18/h5-6,8-15,21H,4,7,16H2,1-3H3,(H,25,27)/t21-/m0/s1. The Morgan fingerprint density at radius 1 is 1.15 bits per heavy atom. The molecule has 0 saturated carbocycles. The fraction of sp³-hybridized carbons (Fsp3) is 0.304. The van der Waals surface area contributed by atoms with E-state index in [0.29, 0.717) is 0 Å². The zero-order valence-electron chi connectivity index (χ0n) is 16.3. The molecule has 0 aliphatic carbocycles. The maximum Gasteiger partial charge on any atom is 0.252 e. The molecule has 0 fully saturated rings. The van der Waals surface area contributed by atoms with Gasteiger partial charge in [0.2, 0.25) is 0 Å². The quantitative estimate of drug-likeness (QED) is 0.669. The van der Waals surface area contributed by atoms with Crippen molar-refractivity contribution in [2.75, 3.05) is 0 Å². The van der Waals surface area contributed by atoms with E-state index in [-0.39, 0.29) is 11.9 Å². The average Bonchev–Trinajstić information content (AvgIpc) is 3.09. The summed E-state index contributed by atoms with van der Waals surface area (Å²) in [5.41, 5.74) is 4.21. The molecule has 0 aliphatic heterocycles. The predicted molar refractivity (Wildman–Crippen MR) is 109 cm³/mol. The molecule has 27 heavy (non-hydrogen) atoms. The molecule has 1 atom stereocenters. The van der Waals surface area contributed by atoms with Crippen molar-refractivity contribution in [2.24, 2.45) is 7.05 Å². The third-order valence-corrected chi connectivity index (χ3v) is 4.83. The van der Waals surface area contributed by atoms with Crippen LogP contribution in [0.1, 0.15) is 58.7 Å². The number of aryl methyl sites for hydroxylation is 2. The first-order valence-corrected chi connectivity index (χ1v) is 9.50. The molecule has 0 aliphatic rings. The number of carbonyl (C=O) groups excluding carboxylic acids is 1. The monoisotopic (exact) mass is 361 g/mol. The molecule has 3 rings (SSSR count). The molecule has 1 amide bonds. The van der Waals surface area contributed by atoms with E-state index in [1.54, 1.807) is 6.20 Å². The van der Waals surface area contributed by atoms with Gasteiger partial charge in [-0.3, -0.25) is 4.79 Å². The van der Waals surface area contributed by atoms with Gasteiger partial charge < -0.3 is 9.88 Å². The Hall–Kier alpha value is -2.88. The van der Waals surface area contributed by atoms with Crippen molar-refractivity contribution >= 4 is 5.91 Å². The van der Waals surface area contributed by atoms with E-state index in [9.17, 15) is 4.79 Å². The molecule has 3 aromatic rings. The van der Waals surface area contributed by atoms with E-state index in [4.69, 9.17) is 0 Å². The van der Waals surface area contributed by atoms with Crippen molar-refractivity contribution in [3.8, 4) is 0 Å². The molecule has 1 N–H and O–H groups in total. The number of amides is 1. The van der Waals surface area contributed by atoms with E-state index >= 15 is 0 Å². The Labute approximate surface area is 161 Å². The van der Waals surface area contributed by atoms with E-state index in [2.05, 4.69) is 48.4 Å². The molecule has 0 radical (unpaired) electrons. The third kappa shape index (κ3) is 4.64. The van der Waals surface area contributed by atoms with Gasteiger partial charge in [-0.1, -0.05) is 61.4 Å². The lowest BCUT2D eigenvalue weighted by Crippen LogP contribution is -2.31. The second-order valence-corrected chi connectivity index (χ2v) is 7.03. The Morgan fingerprint density at radius 3 is 2.56 bits per heavy atom. The summed E-state index contributed by atoms with van der Waals surface area (Å²) >= 11 is 0. The number of imidazole rings is 1. The fourth-order valence-corrected chi connectivity index (χ4v) is 3.33.